The van der Waals surface area contributed by atoms with Gasteiger partial charge in [-0.1, -0.05) is 12.1 Å². The fraction of sp³-hybridized carbons (Fsp3) is 0.222. The molecular weight excluding hydrogens is 306 g/mol. The average Bonchev–Trinajstić information content (AvgIpc) is 2.92. The topological polar surface area (TPSA) is 78.5 Å². The SMILES string of the molecule is O=CN1CCOc2ccc(-c3ccc4nc(CO)[nH]c4c3)cc2C1. The van der Waals surface area contributed by atoms with E-state index in [1.54, 1.807) is 4.90 Å². The zero-order valence-electron chi connectivity index (χ0n) is 13.0. The summed E-state index contributed by atoms with van der Waals surface area (Å²) in [5, 5.41) is 9.19. The Morgan fingerprint density at radius 1 is 1.25 bits per heavy atom. The van der Waals surface area contributed by atoms with E-state index in [1.165, 1.54) is 0 Å². The molecule has 2 heterocycles. The lowest BCUT2D eigenvalue weighted by molar-refractivity contribution is -0.118. The number of imidazole rings is 1. The molecule has 24 heavy (non-hydrogen) atoms. The van der Waals surface area contributed by atoms with E-state index in [0.29, 0.717) is 25.5 Å². The van der Waals surface area contributed by atoms with Gasteiger partial charge >= 0.3 is 0 Å². The van der Waals surface area contributed by atoms with Crippen LogP contribution in [0.5, 0.6) is 5.75 Å². The smallest absolute Gasteiger partial charge is 0.210 e. The van der Waals surface area contributed by atoms with E-state index >= 15 is 0 Å². The van der Waals surface area contributed by atoms with Crippen LogP contribution < -0.4 is 4.74 Å². The number of hydrogen-bond acceptors (Lipinski definition) is 4. The number of H-pyrrole nitrogens is 1. The molecule has 0 atom stereocenters. The molecule has 1 aliphatic heterocycles. The number of aliphatic hydroxyl groups excluding tert-OH is 1. The molecule has 4 rings (SSSR count). The summed E-state index contributed by atoms with van der Waals surface area (Å²) >= 11 is 0. The zero-order valence-corrected chi connectivity index (χ0v) is 13.0. The second kappa shape index (κ2) is 5.98. The Bertz CT molecular complexity index is 904. The number of fused-ring (bicyclic) bond motifs is 2. The van der Waals surface area contributed by atoms with Crippen molar-refractivity contribution < 1.29 is 14.6 Å². The number of hydrogen-bond donors (Lipinski definition) is 2. The maximum Gasteiger partial charge on any atom is 0.210 e. The van der Waals surface area contributed by atoms with Crippen molar-refractivity contribution in [2.45, 2.75) is 13.2 Å². The van der Waals surface area contributed by atoms with E-state index in [-0.39, 0.29) is 6.61 Å². The number of carbonyl (C=O) groups is 1. The van der Waals surface area contributed by atoms with Gasteiger partial charge in [0.05, 0.1) is 17.6 Å². The number of carbonyl (C=O) groups excluding carboxylic acids is 1. The molecule has 0 radical (unpaired) electrons. The van der Waals surface area contributed by atoms with Crippen LogP contribution in [0.15, 0.2) is 36.4 Å². The highest BCUT2D eigenvalue weighted by atomic mass is 16.5. The maximum absolute atomic E-state index is 11.1. The highest BCUT2D eigenvalue weighted by molar-refractivity contribution is 5.82. The molecule has 0 saturated heterocycles. The van der Waals surface area contributed by atoms with Crippen LogP contribution in [-0.2, 0) is 17.9 Å². The molecule has 2 aromatic carbocycles. The summed E-state index contributed by atoms with van der Waals surface area (Å²) in [6.07, 6.45) is 0.859. The molecule has 0 bridgehead atoms. The van der Waals surface area contributed by atoms with Gasteiger partial charge in [-0.25, -0.2) is 4.98 Å². The second-order valence-corrected chi connectivity index (χ2v) is 5.82. The van der Waals surface area contributed by atoms with Gasteiger partial charge in [0.1, 0.15) is 24.8 Å². The molecule has 1 aliphatic rings. The third-order valence-corrected chi connectivity index (χ3v) is 4.23. The number of benzene rings is 2. The van der Waals surface area contributed by atoms with Gasteiger partial charge in [-0.15, -0.1) is 0 Å². The van der Waals surface area contributed by atoms with E-state index in [4.69, 9.17) is 4.74 Å². The summed E-state index contributed by atoms with van der Waals surface area (Å²) in [5.74, 6) is 1.38. The normalized spacial score (nSPS) is 14.1. The highest BCUT2D eigenvalue weighted by Crippen LogP contribution is 2.30. The minimum absolute atomic E-state index is 0.109. The molecule has 122 valence electrons. The number of rotatable bonds is 3. The van der Waals surface area contributed by atoms with E-state index in [9.17, 15) is 9.90 Å². The summed E-state index contributed by atoms with van der Waals surface area (Å²) in [6, 6.07) is 12.0. The predicted octanol–water partition coefficient (Wildman–Crippen LogP) is 2.07. The third-order valence-electron chi connectivity index (χ3n) is 4.23. The number of aromatic nitrogens is 2. The third kappa shape index (κ3) is 2.61. The van der Waals surface area contributed by atoms with Crippen LogP contribution in [0.4, 0.5) is 0 Å². The van der Waals surface area contributed by atoms with Crippen LogP contribution in [0.1, 0.15) is 11.4 Å². The van der Waals surface area contributed by atoms with Crippen molar-refractivity contribution in [2.75, 3.05) is 13.2 Å². The van der Waals surface area contributed by atoms with Gasteiger partial charge < -0.3 is 19.7 Å². The van der Waals surface area contributed by atoms with Gasteiger partial charge in [0.2, 0.25) is 6.41 Å². The lowest BCUT2D eigenvalue weighted by Crippen LogP contribution is -2.23. The summed E-state index contributed by atoms with van der Waals surface area (Å²) in [7, 11) is 0. The molecule has 1 amide bonds. The maximum atomic E-state index is 11.1. The van der Waals surface area contributed by atoms with E-state index in [0.717, 1.165) is 39.9 Å². The lowest BCUT2D eigenvalue weighted by Gasteiger charge is -2.13. The first-order valence-electron chi connectivity index (χ1n) is 7.82. The zero-order chi connectivity index (χ0) is 16.5. The Balaban J connectivity index is 1.74. The molecule has 1 aromatic heterocycles. The Morgan fingerprint density at radius 2 is 2.08 bits per heavy atom. The van der Waals surface area contributed by atoms with Crippen LogP contribution in [0.3, 0.4) is 0 Å². The molecular formula is C18H17N3O3. The summed E-state index contributed by atoms with van der Waals surface area (Å²) in [4.78, 5) is 20.2. The van der Waals surface area contributed by atoms with Gasteiger partial charge in [0.15, 0.2) is 0 Å². The lowest BCUT2D eigenvalue weighted by atomic mass is 10.0. The van der Waals surface area contributed by atoms with Gasteiger partial charge in [0, 0.05) is 12.1 Å². The first-order chi connectivity index (χ1) is 11.8. The Morgan fingerprint density at radius 3 is 2.92 bits per heavy atom. The Hall–Kier alpha value is -2.86. The predicted molar refractivity (Wildman–Crippen MR) is 89.4 cm³/mol. The summed E-state index contributed by atoms with van der Waals surface area (Å²) in [5.41, 5.74) is 4.80. The minimum Gasteiger partial charge on any atom is -0.491 e. The number of nitrogens with zero attached hydrogens (tertiary/aromatic N) is 2. The highest BCUT2D eigenvalue weighted by Gasteiger charge is 2.15. The van der Waals surface area contributed by atoms with Gasteiger partial charge in [-0.2, -0.15) is 0 Å². The van der Waals surface area contributed by atoms with Crippen LogP contribution >= 0.6 is 0 Å². The van der Waals surface area contributed by atoms with E-state index in [1.807, 2.05) is 30.3 Å². The Kier molecular flexibility index (Phi) is 3.66. The van der Waals surface area contributed by atoms with Crippen molar-refractivity contribution in [1.82, 2.24) is 14.9 Å². The van der Waals surface area contributed by atoms with Crippen molar-refractivity contribution >= 4 is 17.4 Å². The molecule has 0 unspecified atom stereocenters. The monoisotopic (exact) mass is 323 g/mol. The van der Waals surface area contributed by atoms with Crippen molar-refractivity contribution in [2.24, 2.45) is 0 Å². The first-order valence-corrected chi connectivity index (χ1v) is 7.82. The molecule has 3 aromatic rings. The van der Waals surface area contributed by atoms with E-state index in [2.05, 4.69) is 16.0 Å². The van der Waals surface area contributed by atoms with Crippen molar-refractivity contribution in [1.29, 1.82) is 0 Å². The molecule has 6 nitrogen and oxygen atoms in total. The molecule has 0 aliphatic carbocycles. The van der Waals surface area contributed by atoms with Crippen molar-refractivity contribution in [3.63, 3.8) is 0 Å². The van der Waals surface area contributed by atoms with Crippen LogP contribution in [0, 0.1) is 0 Å². The largest absolute Gasteiger partial charge is 0.491 e. The van der Waals surface area contributed by atoms with E-state index < -0.39 is 0 Å². The number of aliphatic hydroxyl groups is 1. The Labute approximate surface area is 138 Å². The van der Waals surface area contributed by atoms with Gasteiger partial charge in [0.25, 0.3) is 0 Å². The fourth-order valence-electron chi connectivity index (χ4n) is 3.00. The minimum atomic E-state index is -0.109. The van der Waals surface area contributed by atoms with Crippen molar-refractivity contribution in [3.8, 4) is 16.9 Å². The number of ether oxygens (including phenoxy) is 1. The van der Waals surface area contributed by atoms with Crippen LogP contribution in [0.25, 0.3) is 22.2 Å². The number of nitrogens with one attached hydrogen (secondary N) is 1. The summed E-state index contributed by atoms with van der Waals surface area (Å²) in [6.45, 7) is 1.54. The standard InChI is InChI=1S/C18H17N3O3/c22-10-18-19-15-3-1-13(8-16(15)20-18)12-2-4-17-14(7-12)9-21(11-23)5-6-24-17/h1-4,7-8,11,22H,5-6,9-10H2,(H,19,20). The number of aromatic amines is 1. The number of amides is 1. The van der Waals surface area contributed by atoms with Gasteiger partial charge in [-0.05, 0) is 35.4 Å². The van der Waals surface area contributed by atoms with Crippen LogP contribution in [0.2, 0.25) is 0 Å². The fourth-order valence-corrected chi connectivity index (χ4v) is 3.00. The molecule has 0 spiro atoms. The second-order valence-electron chi connectivity index (χ2n) is 5.82. The summed E-state index contributed by atoms with van der Waals surface area (Å²) < 4.78 is 5.72. The molecule has 0 saturated carbocycles. The van der Waals surface area contributed by atoms with Crippen LogP contribution in [-0.4, -0.2) is 39.5 Å². The molecule has 2 N–H and O–H groups in total. The molecule has 0 fully saturated rings. The van der Waals surface area contributed by atoms with Gasteiger partial charge in [-0.3, -0.25) is 4.79 Å². The van der Waals surface area contributed by atoms with Crippen molar-refractivity contribution in [3.05, 3.63) is 47.8 Å². The quantitative estimate of drug-likeness (QED) is 0.723. The first kappa shape index (κ1) is 14.7. The average molecular weight is 323 g/mol. The molecule has 6 heteroatoms.